The minimum atomic E-state index is 0.598. The zero-order valence-electron chi connectivity index (χ0n) is 9.43. The average molecular weight is 244 g/mol. The Hall–Kier alpha value is -1.99. The Balaban J connectivity index is 2.22. The fourth-order valence-corrected chi connectivity index (χ4v) is 2.21. The van der Waals surface area contributed by atoms with E-state index >= 15 is 0 Å². The SMILES string of the molecule is COc1cccc(C#N)c1NCc1cccs1. The highest BCUT2D eigenvalue weighted by molar-refractivity contribution is 7.09. The normalized spacial score (nSPS) is 9.65. The molecule has 0 aliphatic carbocycles. The van der Waals surface area contributed by atoms with Gasteiger partial charge in [0.1, 0.15) is 11.8 Å². The first kappa shape index (κ1) is 11.5. The molecule has 0 saturated carbocycles. The van der Waals surface area contributed by atoms with Crippen molar-refractivity contribution in [2.75, 3.05) is 12.4 Å². The second-order valence-electron chi connectivity index (χ2n) is 3.43. The van der Waals surface area contributed by atoms with Crippen molar-refractivity contribution in [2.24, 2.45) is 0 Å². The first-order chi connectivity index (χ1) is 8.35. The minimum Gasteiger partial charge on any atom is -0.495 e. The molecule has 0 fully saturated rings. The van der Waals surface area contributed by atoms with Crippen LogP contribution in [0.2, 0.25) is 0 Å². The van der Waals surface area contributed by atoms with Crippen LogP contribution < -0.4 is 10.1 Å². The molecule has 86 valence electrons. The van der Waals surface area contributed by atoms with Crippen LogP contribution in [0, 0.1) is 11.3 Å². The lowest BCUT2D eigenvalue weighted by Gasteiger charge is -2.11. The Morgan fingerprint density at radius 3 is 2.88 bits per heavy atom. The molecule has 2 aromatic rings. The number of rotatable bonds is 4. The number of methoxy groups -OCH3 is 1. The Kier molecular flexibility index (Phi) is 3.63. The number of anilines is 1. The molecule has 0 atom stereocenters. The number of para-hydroxylation sites is 1. The van der Waals surface area contributed by atoms with Crippen molar-refractivity contribution < 1.29 is 4.74 Å². The molecule has 0 spiro atoms. The average Bonchev–Trinajstić information content (AvgIpc) is 2.88. The van der Waals surface area contributed by atoms with Crippen LogP contribution in [0.3, 0.4) is 0 Å². The molecular formula is C13H12N2OS. The third-order valence-corrected chi connectivity index (χ3v) is 3.26. The van der Waals surface area contributed by atoms with Crippen LogP contribution in [-0.4, -0.2) is 7.11 Å². The first-order valence-corrected chi connectivity index (χ1v) is 6.06. The fraction of sp³-hybridized carbons (Fsp3) is 0.154. The van der Waals surface area contributed by atoms with E-state index in [2.05, 4.69) is 17.5 Å². The third-order valence-electron chi connectivity index (χ3n) is 2.39. The summed E-state index contributed by atoms with van der Waals surface area (Å²) in [5.74, 6) is 0.695. The van der Waals surface area contributed by atoms with Gasteiger partial charge in [0.05, 0.1) is 18.4 Å². The van der Waals surface area contributed by atoms with Gasteiger partial charge in [0.2, 0.25) is 0 Å². The van der Waals surface area contributed by atoms with Crippen molar-refractivity contribution in [1.82, 2.24) is 0 Å². The molecule has 1 aromatic carbocycles. The van der Waals surface area contributed by atoms with Gasteiger partial charge in [-0.3, -0.25) is 0 Å². The largest absolute Gasteiger partial charge is 0.495 e. The molecule has 3 nitrogen and oxygen atoms in total. The van der Waals surface area contributed by atoms with Gasteiger partial charge in [-0.25, -0.2) is 0 Å². The molecule has 0 aliphatic heterocycles. The van der Waals surface area contributed by atoms with E-state index in [4.69, 9.17) is 10.00 Å². The number of hydrogen-bond donors (Lipinski definition) is 1. The Bertz CT molecular complexity index is 529. The molecule has 0 bridgehead atoms. The topological polar surface area (TPSA) is 45.0 Å². The van der Waals surface area contributed by atoms with Gasteiger partial charge >= 0.3 is 0 Å². The smallest absolute Gasteiger partial charge is 0.143 e. The van der Waals surface area contributed by atoms with E-state index in [0.717, 1.165) is 5.69 Å². The molecule has 1 N–H and O–H groups in total. The Morgan fingerprint density at radius 2 is 2.24 bits per heavy atom. The summed E-state index contributed by atoms with van der Waals surface area (Å²) in [6.07, 6.45) is 0. The molecule has 0 amide bonds. The summed E-state index contributed by atoms with van der Waals surface area (Å²) in [4.78, 5) is 1.22. The summed E-state index contributed by atoms with van der Waals surface area (Å²) in [5.41, 5.74) is 1.35. The van der Waals surface area contributed by atoms with Crippen LogP contribution in [0.15, 0.2) is 35.7 Å². The molecule has 1 heterocycles. The summed E-state index contributed by atoms with van der Waals surface area (Å²) in [6, 6.07) is 11.7. The molecule has 2 rings (SSSR count). The summed E-state index contributed by atoms with van der Waals surface area (Å²) in [5, 5.41) is 14.3. The predicted octanol–water partition coefficient (Wildman–Crippen LogP) is 3.24. The number of benzene rings is 1. The van der Waals surface area contributed by atoms with Crippen LogP contribution in [-0.2, 0) is 6.54 Å². The number of thiophene rings is 1. The maximum absolute atomic E-state index is 9.05. The van der Waals surface area contributed by atoms with E-state index in [9.17, 15) is 0 Å². The van der Waals surface area contributed by atoms with E-state index in [1.165, 1.54) is 4.88 Å². The summed E-state index contributed by atoms with van der Waals surface area (Å²) >= 11 is 1.68. The Labute approximate surface area is 104 Å². The van der Waals surface area contributed by atoms with Crippen molar-refractivity contribution in [3.05, 3.63) is 46.2 Å². The number of nitrogens with one attached hydrogen (secondary N) is 1. The highest BCUT2D eigenvalue weighted by atomic mass is 32.1. The zero-order valence-corrected chi connectivity index (χ0v) is 10.3. The van der Waals surface area contributed by atoms with Crippen LogP contribution in [0.1, 0.15) is 10.4 Å². The van der Waals surface area contributed by atoms with Gasteiger partial charge in [0.25, 0.3) is 0 Å². The van der Waals surface area contributed by atoms with Gasteiger partial charge < -0.3 is 10.1 Å². The first-order valence-electron chi connectivity index (χ1n) is 5.18. The van der Waals surface area contributed by atoms with Crippen molar-refractivity contribution in [3.8, 4) is 11.8 Å². The standard InChI is InChI=1S/C13H12N2OS/c1-16-12-6-2-4-10(8-14)13(12)15-9-11-5-3-7-17-11/h2-7,15H,9H2,1H3. The number of nitriles is 1. The van der Waals surface area contributed by atoms with Crippen LogP contribution in [0.25, 0.3) is 0 Å². The lowest BCUT2D eigenvalue weighted by molar-refractivity contribution is 0.416. The highest BCUT2D eigenvalue weighted by Gasteiger charge is 2.08. The summed E-state index contributed by atoms with van der Waals surface area (Å²) in [6.45, 7) is 0.701. The molecule has 0 unspecified atom stereocenters. The van der Waals surface area contributed by atoms with Crippen molar-refractivity contribution in [1.29, 1.82) is 5.26 Å². The molecular weight excluding hydrogens is 232 g/mol. The predicted molar refractivity (Wildman–Crippen MR) is 69.4 cm³/mol. The zero-order chi connectivity index (χ0) is 12.1. The van der Waals surface area contributed by atoms with E-state index < -0.39 is 0 Å². The lowest BCUT2D eigenvalue weighted by atomic mass is 10.2. The molecule has 1 aromatic heterocycles. The molecule has 17 heavy (non-hydrogen) atoms. The van der Waals surface area contributed by atoms with Crippen LogP contribution in [0.4, 0.5) is 5.69 Å². The maximum atomic E-state index is 9.05. The molecule has 0 aliphatic rings. The van der Waals surface area contributed by atoms with Crippen molar-refractivity contribution in [2.45, 2.75) is 6.54 Å². The van der Waals surface area contributed by atoms with E-state index in [0.29, 0.717) is 17.9 Å². The minimum absolute atomic E-state index is 0.598. The summed E-state index contributed by atoms with van der Waals surface area (Å²) in [7, 11) is 1.60. The molecule has 4 heteroatoms. The van der Waals surface area contributed by atoms with Gasteiger partial charge in [-0.15, -0.1) is 11.3 Å². The summed E-state index contributed by atoms with van der Waals surface area (Å²) < 4.78 is 5.25. The van der Waals surface area contributed by atoms with Gasteiger partial charge in [0, 0.05) is 11.4 Å². The lowest BCUT2D eigenvalue weighted by Crippen LogP contribution is -2.02. The highest BCUT2D eigenvalue weighted by Crippen LogP contribution is 2.28. The maximum Gasteiger partial charge on any atom is 0.143 e. The number of nitrogens with zero attached hydrogens (tertiary/aromatic N) is 1. The monoisotopic (exact) mass is 244 g/mol. The van der Waals surface area contributed by atoms with Crippen molar-refractivity contribution in [3.63, 3.8) is 0 Å². The Morgan fingerprint density at radius 1 is 1.35 bits per heavy atom. The molecule has 0 saturated heterocycles. The third kappa shape index (κ3) is 2.58. The van der Waals surface area contributed by atoms with Gasteiger partial charge in [-0.2, -0.15) is 5.26 Å². The van der Waals surface area contributed by atoms with Crippen molar-refractivity contribution >= 4 is 17.0 Å². The van der Waals surface area contributed by atoms with Gasteiger partial charge in [0.15, 0.2) is 0 Å². The second-order valence-corrected chi connectivity index (χ2v) is 4.46. The fourth-order valence-electron chi connectivity index (χ4n) is 1.57. The number of ether oxygens (including phenoxy) is 1. The van der Waals surface area contributed by atoms with Crippen LogP contribution in [0.5, 0.6) is 5.75 Å². The molecule has 0 radical (unpaired) electrons. The van der Waals surface area contributed by atoms with Crippen LogP contribution >= 0.6 is 11.3 Å². The van der Waals surface area contributed by atoms with E-state index in [-0.39, 0.29) is 0 Å². The quantitative estimate of drug-likeness (QED) is 0.898. The van der Waals surface area contributed by atoms with E-state index in [1.54, 1.807) is 24.5 Å². The van der Waals surface area contributed by atoms with E-state index in [1.807, 2.05) is 23.6 Å². The van der Waals surface area contributed by atoms with Gasteiger partial charge in [-0.1, -0.05) is 12.1 Å². The second kappa shape index (κ2) is 5.37. The van der Waals surface area contributed by atoms with Gasteiger partial charge in [-0.05, 0) is 23.6 Å². The number of hydrogen-bond acceptors (Lipinski definition) is 4.